The number of hydrogen-bond donors (Lipinski definition) is 1. The van der Waals surface area contributed by atoms with Crippen molar-refractivity contribution in [2.45, 2.75) is 39.7 Å². The highest BCUT2D eigenvalue weighted by atomic mass is 32.1. The number of nitrogens with zero attached hydrogens (tertiary/aromatic N) is 1. The number of hydrogen-bond acceptors (Lipinski definition) is 4. The fourth-order valence-corrected chi connectivity index (χ4v) is 2.81. The van der Waals surface area contributed by atoms with Gasteiger partial charge in [0.1, 0.15) is 5.76 Å². The summed E-state index contributed by atoms with van der Waals surface area (Å²) in [7, 11) is 0. The van der Waals surface area contributed by atoms with E-state index in [1.807, 2.05) is 19.9 Å². The molecular formula is C13H17NO2S. The van der Waals surface area contributed by atoms with E-state index in [0.717, 1.165) is 28.4 Å². The summed E-state index contributed by atoms with van der Waals surface area (Å²) in [6, 6.07) is 1.84. The quantitative estimate of drug-likeness (QED) is 0.907. The maximum atomic E-state index is 10.2. The number of aromatic nitrogens is 1. The predicted molar refractivity (Wildman–Crippen MR) is 68.3 cm³/mol. The SMILES string of the molecule is CCc1occc1C(O)Cc1nc(C)c(C)s1. The van der Waals surface area contributed by atoms with Crippen LogP contribution in [0.15, 0.2) is 16.7 Å². The van der Waals surface area contributed by atoms with Gasteiger partial charge in [-0.3, -0.25) is 0 Å². The van der Waals surface area contributed by atoms with Crippen molar-refractivity contribution in [2.24, 2.45) is 0 Å². The van der Waals surface area contributed by atoms with Crippen LogP contribution in [0.3, 0.4) is 0 Å². The Morgan fingerprint density at radius 2 is 2.24 bits per heavy atom. The van der Waals surface area contributed by atoms with Gasteiger partial charge in [-0.05, 0) is 19.9 Å². The summed E-state index contributed by atoms with van der Waals surface area (Å²) in [5, 5.41) is 11.2. The first-order valence-corrected chi connectivity index (χ1v) is 6.60. The van der Waals surface area contributed by atoms with E-state index in [9.17, 15) is 5.11 Å². The number of aliphatic hydroxyl groups excluding tert-OH is 1. The maximum Gasteiger partial charge on any atom is 0.109 e. The van der Waals surface area contributed by atoms with E-state index in [1.54, 1.807) is 17.6 Å². The molecule has 0 radical (unpaired) electrons. The summed E-state index contributed by atoms with van der Waals surface area (Å²) in [5.74, 6) is 0.863. The van der Waals surface area contributed by atoms with Crippen molar-refractivity contribution in [3.63, 3.8) is 0 Å². The van der Waals surface area contributed by atoms with Crippen LogP contribution < -0.4 is 0 Å². The normalized spacial score (nSPS) is 12.9. The minimum atomic E-state index is -0.520. The molecule has 2 aromatic rings. The molecule has 2 heterocycles. The first-order chi connectivity index (χ1) is 8.11. The lowest BCUT2D eigenvalue weighted by molar-refractivity contribution is 0.176. The van der Waals surface area contributed by atoms with Gasteiger partial charge in [0.25, 0.3) is 0 Å². The molecule has 1 atom stereocenters. The first-order valence-electron chi connectivity index (χ1n) is 5.79. The average molecular weight is 251 g/mol. The molecule has 0 spiro atoms. The summed E-state index contributed by atoms with van der Waals surface area (Å²) in [6.07, 6.45) is 2.48. The van der Waals surface area contributed by atoms with Crippen molar-refractivity contribution < 1.29 is 9.52 Å². The molecule has 4 heteroatoms. The molecule has 0 saturated heterocycles. The summed E-state index contributed by atoms with van der Waals surface area (Å²) in [5.41, 5.74) is 1.94. The van der Waals surface area contributed by atoms with Gasteiger partial charge in [0.05, 0.1) is 23.1 Å². The molecule has 0 fully saturated rings. The Hall–Kier alpha value is -1.13. The van der Waals surface area contributed by atoms with E-state index >= 15 is 0 Å². The van der Waals surface area contributed by atoms with Gasteiger partial charge in [0.15, 0.2) is 0 Å². The molecule has 2 aromatic heterocycles. The van der Waals surface area contributed by atoms with Crippen molar-refractivity contribution in [1.29, 1.82) is 0 Å². The molecule has 0 aliphatic heterocycles. The fraction of sp³-hybridized carbons (Fsp3) is 0.462. The topological polar surface area (TPSA) is 46.3 Å². The summed E-state index contributed by atoms with van der Waals surface area (Å²) < 4.78 is 5.32. The van der Waals surface area contributed by atoms with Crippen LogP contribution in [-0.4, -0.2) is 10.1 Å². The fourth-order valence-electron chi connectivity index (χ4n) is 1.84. The van der Waals surface area contributed by atoms with Gasteiger partial charge in [0.2, 0.25) is 0 Å². The Bertz CT molecular complexity index is 482. The van der Waals surface area contributed by atoms with Gasteiger partial charge in [0, 0.05) is 23.3 Å². The molecule has 0 saturated carbocycles. The molecule has 0 aliphatic rings. The predicted octanol–water partition coefficient (Wildman–Crippen LogP) is 3.19. The van der Waals surface area contributed by atoms with E-state index in [1.165, 1.54) is 4.88 Å². The summed E-state index contributed by atoms with van der Waals surface area (Å²) in [6.45, 7) is 6.07. The molecule has 1 unspecified atom stereocenters. The zero-order valence-corrected chi connectivity index (χ0v) is 11.2. The van der Waals surface area contributed by atoms with Gasteiger partial charge in [-0.1, -0.05) is 6.92 Å². The van der Waals surface area contributed by atoms with Crippen LogP contribution in [0.2, 0.25) is 0 Å². The van der Waals surface area contributed by atoms with Gasteiger partial charge < -0.3 is 9.52 Å². The Morgan fingerprint density at radius 3 is 2.82 bits per heavy atom. The van der Waals surface area contributed by atoms with Crippen LogP contribution >= 0.6 is 11.3 Å². The van der Waals surface area contributed by atoms with Gasteiger partial charge >= 0.3 is 0 Å². The lowest BCUT2D eigenvalue weighted by Gasteiger charge is -2.08. The van der Waals surface area contributed by atoms with Crippen molar-refractivity contribution in [3.8, 4) is 0 Å². The number of aryl methyl sites for hydroxylation is 3. The van der Waals surface area contributed by atoms with E-state index < -0.39 is 6.10 Å². The lowest BCUT2D eigenvalue weighted by Crippen LogP contribution is -2.02. The minimum absolute atomic E-state index is 0.520. The highest BCUT2D eigenvalue weighted by Crippen LogP contribution is 2.26. The Kier molecular flexibility index (Phi) is 3.64. The van der Waals surface area contributed by atoms with Crippen molar-refractivity contribution >= 4 is 11.3 Å². The van der Waals surface area contributed by atoms with E-state index in [2.05, 4.69) is 11.9 Å². The smallest absolute Gasteiger partial charge is 0.109 e. The highest BCUT2D eigenvalue weighted by molar-refractivity contribution is 7.11. The van der Waals surface area contributed by atoms with Crippen LogP contribution in [0, 0.1) is 13.8 Å². The minimum Gasteiger partial charge on any atom is -0.469 e. The number of furan rings is 1. The molecular weight excluding hydrogens is 234 g/mol. The Balaban J connectivity index is 2.14. The second kappa shape index (κ2) is 5.02. The first kappa shape index (κ1) is 12.3. The zero-order chi connectivity index (χ0) is 12.4. The Labute approximate surface area is 105 Å². The standard InChI is InChI=1S/C13H17NO2S/c1-4-12-10(5-6-16-12)11(15)7-13-14-8(2)9(3)17-13/h5-6,11,15H,4,7H2,1-3H3. The number of rotatable bonds is 4. The largest absolute Gasteiger partial charge is 0.469 e. The molecule has 92 valence electrons. The van der Waals surface area contributed by atoms with Crippen LogP contribution in [0.4, 0.5) is 0 Å². The number of aliphatic hydroxyl groups is 1. The number of thiazole rings is 1. The Morgan fingerprint density at radius 1 is 1.47 bits per heavy atom. The van der Waals surface area contributed by atoms with Crippen molar-refractivity contribution in [3.05, 3.63) is 39.2 Å². The zero-order valence-electron chi connectivity index (χ0n) is 10.4. The molecule has 0 aromatic carbocycles. The van der Waals surface area contributed by atoms with Crippen LogP contribution in [-0.2, 0) is 12.8 Å². The van der Waals surface area contributed by atoms with E-state index in [4.69, 9.17) is 4.42 Å². The van der Waals surface area contributed by atoms with E-state index in [-0.39, 0.29) is 0 Å². The van der Waals surface area contributed by atoms with E-state index in [0.29, 0.717) is 6.42 Å². The highest BCUT2D eigenvalue weighted by Gasteiger charge is 2.16. The third-order valence-corrected chi connectivity index (χ3v) is 4.00. The second-order valence-electron chi connectivity index (χ2n) is 4.12. The lowest BCUT2D eigenvalue weighted by atomic mass is 10.1. The van der Waals surface area contributed by atoms with Crippen LogP contribution in [0.1, 0.15) is 39.9 Å². The average Bonchev–Trinajstić information content (AvgIpc) is 2.86. The summed E-state index contributed by atoms with van der Waals surface area (Å²) >= 11 is 1.65. The monoisotopic (exact) mass is 251 g/mol. The third-order valence-electron chi connectivity index (χ3n) is 2.90. The molecule has 2 rings (SSSR count). The van der Waals surface area contributed by atoms with Crippen LogP contribution in [0.5, 0.6) is 0 Å². The molecule has 0 aliphatic carbocycles. The molecule has 0 amide bonds. The molecule has 3 nitrogen and oxygen atoms in total. The second-order valence-corrected chi connectivity index (χ2v) is 5.41. The molecule has 1 N–H and O–H groups in total. The van der Waals surface area contributed by atoms with Gasteiger partial charge in [-0.25, -0.2) is 4.98 Å². The summed E-state index contributed by atoms with van der Waals surface area (Å²) in [4.78, 5) is 5.66. The maximum absolute atomic E-state index is 10.2. The molecule has 0 bridgehead atoms. The van der Waals surface area contributed by atoms with Crippen molar-refractivity contribution in [1.82, 2.24) is 4.98 Å². The third kappa shape index (κ3) is 2.58. The van der Waals surface area contributed by atoms with Crippen LogP contribution in [0.25, 0.3) is 0 Å². The van der Waals surface area contributed by atoms with Gasteiger partial charge in [-0.2, -0.15) is 0 Å². The molecule has 17 heavy (non-hydrogen) atoms. The van der Waals surface area contributed by atoms with Crippen molar-refractivity contribution in [2.75, 3.05) is 0 Å². The van der Waals surface area contributed by atoms with Gasteiger partial charge in [-0.15, -0.1) is 11.3 Å².